The largest absolute Gasteiger partial charge is 0.446 e. The monoisotopic (exact) mass is 512 g/mol. The van der Waals surface area contributed by atoms with Gasteiger partial charge in [0.05, 0.1) is 11.3 Å². The number of hydrogen-bond acceptors (Lipinski definition) is 4. The second kappa shape index (κ2) is 11.4. The van der Waals surface area contributed by atoms with E-state index in [1.165, 1.54) is 19.3 Å². The van der Waals surface area contributed by atoms with E-state index < -0.39 is 12.5 Å². The van der Waals surface area contributed by atoms with Crippen LogP contribution in [0.4, 0.5) is 13.2 Å². The summed E-state index contributed by atoms with van der Waals surface area (Å²) in [6.45, 7) is 0.661. The molecule has 1 aliphatic carbocycles. The third-order valence-electron chi connectivity index (χ3n) is 6.39. The first kappa shape index (κ1) is 26.1. The number of pyridine rings is 1. The van der Waals surface area contributed by atoms with Crippen LogP contribution in [0.15, 0.2) is 48.7 Å². The second-order valence-corrected chi connectivity index (χ2v) is 9.06. The van der Waals surface area contributed by atoms with Crippen molar-refractivity contribution in [1.29, 1.82) is 0 Å². The van der Waals surface area contributed by atoms with E-state index >= 15 is 0 Å². The molecule has 0 radical (unpaired) electrons. The second-order valence-electron chi connectivity index (χ2n) is 9.06. The summed E-state index contributed by atoms with van der Waals surface area (Å²) in [4.78, 5) is 41.2. The van der Waals surface area contributed by atoms with Crippen LogP contribution in [0.25, 0.3) is 22.5 Å². The molecule has 1 aliphatic heterocycles. The summed E-state index contributed by atoms with van der Waals surface area (Å²) in [5.41, 5.74) is 6.03. The smallest absolute Gasteiger partial charge is 0.358 e. The number of fused-ring (bicyclic) bond motifs is 1. The first-order valence-electron chi connectivity index (χ1n) is 12.1. The summed E-state index contributed by atoms with van der Waals surface area (Å²) in [5, 5.41) is 6.04. The number of aromatic nitrogens is 2. The molecule has 5 rings (SSSR count). The van der Waals surface area contributed by atoms with E-state index in [-0.39, 0.29) is 11.8 Å². The molecule has 2 aromatic heterocycles. The normalized spacial score (nSPS) is 15.6. The minimum atomic E-state index is -4.64. The maximum Gasteiger partial charge on any atom is 0.446 e. The fraction of sp³-hybridized carbons (Fsp3) is 0.333. The Labute approximate surface area is 211 Å². The zero-order valence-corrected chi connectivity index (χ0v) is 20.0. The molecule has 0 atom stereocenters. The van der Waals surface area contributed by atoms with Crippen molar-refractivity contribution in [1.82, 2.24) is 20.6 Å². The van der Waals surface area contributed by atoms with Gasteiger partial charge in [0.25, 0.3) is 11.8 Å². The number of aromatic amines is 1. The molecular weight excluding hydrogens is 485 g/mol. The van der Waals surface area contributed by atoms with E-state index in [9.17, 15) is 22.8 Å². The first-order chi connectivity index (χ1) is 17.7. The summed E-state index contributed by atoms with van der Waals surface area (Å²) >= 11 is 0. The van der Waals surface area contributed by atoms with Crippen molar-refractivity contribution in [3.05, 3.63) is 65.5 Å². The summed E-state index contributed by atoms with van der Waals surface area (Å²) < 4.78 is 31.2. The van der Waals surface area contributed by atoms with Crippen molar-refractivity contribution in [3.63, 3.8) is 0 Å². The van der Waals surface area contributed by atoms with Gasteiger partial charge in [0.15, 0.2) is 0 Å². The van der Waals surface area contributed by atoms with Gasteiger partial charge in [-0.25, -0.2) is 0 Å². The molecule has 0 bridgehead atoms. The lowest BCUT2D eigenvalue weighted by molar-refractivity contribution is -0.156. The minimum absolute atomic E-state index is 0.00426. The Morgan fingerprint density at radius 3 is 2.38 bits per heavy atom. The van der Waals surface area contributed by atoms with Crippen molar-refractivity contribution >= 4 is 18.1 Å². The Hall–Kier alpha value is -3.95. The van der Waals surface area contributed by atoms with Gasteiger partial charge < -0.3 is 15.6 Å². The van der Waals surface area contributed by atoms with Gasteiger partial charge in [-0.2, -0.15) is 13.2 Å². The fourth-order valence-corrected chi connectivity index (χ4v) is 4.51. The SMILES string of the molecule is O=C(NC1CCCCC1)c1ccc(-c2cc(-c3cc4c([nH]3)CCNC4=O)ccn2)cc1.O=CC(F)(F)F. The fourth-order valence-electron chi connectivity index (χ4n) is 4.51. The van der Waals surface area contributed by atoms with Crippen LogP contribution in [-0.4, -0.2) is 46.8 Å². The molecular formula is C27H27F3N4O3. The standard InChI is InChI=1S/C25H26N4O2.C2HF3O/c30-24(28-19-4-2-1-3-5-19)17-8-6-16(7-9-17)22-14-18(10-12-26-22)23-15-20-21(29-23)11-13-27-25(20)31;3-2(4,5)1-6/h6-10,12,14-15,19,29H,1-5,11,13H2,(H,27,31)(H,28,30);1H. The number of amides is 2. The molecule has 1 aromatic carbocycles. The highest BCUT2D eigenvalue weighted by Crippen LogP contribution is 2.27. The van der Waals surface area contributed by atoms with Crippen molar-refractivity contribution < 1.29 is 27.6 Å². The lowest BCUT2D eigenvalue weighted by atomic mass is 9.95. The van der Waals surface area contributed by atoms with Crippen LogP contribution in [0.3, 0.4) is 0 Å². The van der Waals surface area contributed by atoms with Crippen molar-refractivity contribution in [3.8, 4) is 22.5 Å². The van der Waals surface area contributed by atoms with Crippen molar-refractivity contribution in [2.45, 2.75) is 50.7 Å². The van der Waals surface area contributed by atoms with Gasteiger partial charge in [-0.3, -0.25) is 19.4 Å². The molecule has 2 amide bonds. The van der Waals surface area contributed by atoms with E-state index in [4.69, 9.17) is 4.79 Å². The Bertz CT molecular complexity index is 1260. The number of hydrogen-bond donors (Lipinski definition) is 3. The highest BCUT2D eigenvalue weighted by atomic mass is 19.4. The van der Waals surface area contributed by atoms with E-state index in [0.29, 0.717) is 23.7 Å². The third-order valence-corrected chi connectivity index (χ3v) is 6.39. The quantitative estimate of drug-likeness (QED) is 0.435. The number of H-pyrrole nitrogens is 1. The molecule has 10 heteroatoms. The molecule has 7 nitrogen and oxygen atoms in total. The molecule has 1 saturated carbocycles. The predicted octanol–water partition coefficient (Wildman–Crippen LogP) is 4.84. The van der Waals surface area contributed by atoms with Gasteiger partial charge in [-0.05, 0) is 43.2 Å². The number of benzene rings is 1. The molecule has 1 fully saturated rings. The number of nitrogens with one attached hydrogen (secondary N) is 3. The van der Waals surface area contributed by atoms with Gasteiger partial charge >= 0.3 is 6.18 Å². The zero-order valence-electron chi connectivity index (χ0n) is 20.0. The first-order valence-corrected chi connectivity index (χ1v) is 12.1. The minimum Gasteiger partial charge on any atom is -0.358 e. The van der Waals surface area contributed by atoms with Crippen LogP contribution >= 0.6 is 0 Å². The molecule has 3 aromatic rings. The number of carbonyl (C=O) groups is 3. The highest BCUT2D eigenvalue weighted by Gasteiger charge is 2.25. The summed E-state index contributed by atoms with van der Waals surface area (Å²) in [6.07, 6.45) is 2.69. The van der Waals surface area contributed by atoms with Gasteiger partial charge in [0, 0.05) is 53.3 Å². The predicted molar refractivity (Wildman–Crippen MR) is 132 cm³/mol. The summed E-state index contributed by atoms with van der Waals surface area (Å²) in [5.74, 6) is -0.0319. The van der Waals surface area contributed by atoms with Crippen LogP contribution in [0.1, 0.15) is 58.5 Å². The maximum absolute atomic E-state index is 12.6. The number of carbonyl (C=O) groups excluding carboxylic acids is 3. The average Bonchev–Trinajstić information content (AvgIpc) is 3.35. The lowest BCUT2D eigenvalue weighted by Crippen LogP contribution is -2.36. The Kier molecular flexibility index (Phi) is 8.05. The van der Waals surface area contributed by atoms with E-state index in [2.05, 4.69) is 20.6 Å². The summed E-state index contributed by atoms with van der Waals surface area (Å²) in [7, 11) is 0. The molecule has 194 valence electrons. The van der Waals surface area contributed by atoms with E-state index in [1.807, 2.05) is 42.5 Å². The molecule has 3 N–H and O–H groups in total. The van der Waals surface area contributed by atoms with Gasteiger partial charge in [0.1, 0.15) is 0 Å². The molecule has 0 saturated heterocycles. The number of rotatable bonds is 4. The number of halogens is 3. The Morgan fingerprint density at radius 2 is 1.73 bits per heavy atom. The van der Waals surface area contributed by atoms with Crippen LogP contribution in [-0.2, 0) is 11.2 Å². The number of alkyl halides is 3. The molecule has 0 unspecified atom stereocenters. The Balaban J connectivity index is 0.000000480. The van der Waals surface area contributed by atoms with Crippen molar-refractivity contribution in [2.24, 2.45) is 0 Å². The van der Waals surface area contributed by atoms with Gasteiger partial charge in [0.2, 0.25) is 6.29 Å². The highest BCUT2D eigenvalue weighted by molar-refractivity contribution is 5.98. The van der Waals surface area contributed by atoms with Crippen molar-refractivity contribution in [2.75, 3.05) is 6.54 Å². The third kappa shape index (κ3) is 6.84. The molecule has 0 spiro atoms. The molecule has 2 aliphatic rings. The Morgan fingerprint density at radius 1 is 1.03 bits per heavy atom. The molecule has 3 heterocycles. The van der Waals surface area contributed by atoms with E-state index in [1.54, 1.807) is 6.20 Å². The van der Waals surface area contributed by atoms with E-state index in [0.717, 1.165) is 47.5 Å². The number of aldehydes is 1. The number of nitrogens with zero attached hydrogens (tertiary/aromatic N) is 1. The van der Waals surface area contributed by atoms with Gasteiger partial charge in [-0.15, -0.1) is 0 Å². The van der Waals surface area contributed by atoms with Crippen LogP contribution < -0.4 is 10.6 Å². The van der Waals surface area contributed by atoms with Gasteiger partial charge in [-0.1, -0.05) is 31.4 Å². The maximum atomic E-state index is 12.6. The van der Waals surface area contributed by atoms with Crippen LogP contribution in [0.2, 0.25) is 0 Å². The summed E-state index contributed by atoms with van der Waals surface area (Å²) in [6, 6.07) is 13.7. The zero-order chi connectivity index (χ0) is 26.4. The lowest BCUT2D eigenvalue weighted by Gasteiger charge is -2.22. The van der Waals surface area contributed by atoms with Crippen LogP contribution in [0.5, 0.6) is 0 Å². The average molecular weight is 513 g/mol. The van der Waals surface area contributed by atoms with Crippen LogP contribution in [0, 0.1) is 0 Å². The topological polar surface area (TPSA) is 104 Å². The molecule has 37 heavy (non-hydrogen) atoms.